The molecule has 0 atom stereocenters. The zero-order valence-electron chi connectivity index (χ0n) is 10.2. The molecule has 2 aromatic carbocycles. The Bertz CT molecular complexity index is 609. The minimum absolute atomic E-state index is 0.210. The van der Waals surface area contributed by atoms with Gasteiger partial charge in [-0.15, -0.1) is 0 Å². The molecule has 0 spiro atoms. The highest BCUT2D eigenvalue weighted by molar-refractivity contribution is 9.10. The van der Waals surface area contributed by atoms with E-state index >= 15 is 0 Å². The summed E-state index contributed by atoms with van der Waals surface area (Å²) in [5.74, 6) is 0.210. The lowest BCUT2D eigenvalue weighted by atomic mass is 10.1. The lowest BCUT2D eigenvalue weighted by Crippen LogP contribution is -2.00. The van der Waals surface area contributed by atoms with Gasteiger partial charge < -0.3 is 5.11 Å². The van der Waals surface area contributed by atoms with E-state index in [0.717, 1.165) is 14.6 Å². The van der Waals surface area contributed by atoms with Crippen molar-refractivity contribution >= 4 is 43.3 Å². The zero-order chi connectivity index (χ0) is 13.8. The zero-order valence-corrected chi connectivity index (χ0v) is 13.4. The Morgan fingerprint density at radius 1 is 1.05 bits per heavy atom. The summed E-state index contributed by atoms with van der Waals surface area (Å²) in [6.07, 6.45) is 0. The van der Waals surface area contributed by atoms with Crippen molar-refractivity contribution < 1.29 is 5.11 Å². The van der Waals surface area contributed by atoms with Gasteiger partial charge in [0.25, 0.3) is 0 Å². The predicted molar refractivity (Wildman–Crippen MR) is 85.8 cm³/mol. The molecule has 19 heavy (non-hydrogen) atoms. The van der Waals surface area contributed by atoms with Gasteiger partial charge in [-0.05, 0) is 49.4 Å². The monoisotopic (exact) mass is 382 g/mol. The van der Waals surface area contributed by atoms with Gasteiger partial charge in [0.05, 0.1) is 11.4 Å². The van der Waals surface area contributed by atoms with Crippen molar-refractivity contribution in [3.63, 3.8) is 0 Å². The average Bonchev–Trinajstić information content (AvgIpc) is 2.40. The van der Waals surface area contributed by atoms with Crippen LogP contribution >= 0.6 is 31.9 Å². The summed E-state index contributed by atoms with van der Waals surface area (Å²) >= 11 is 6.75. The van der Waals surface area contributed by atoms with Gasteiger partial charge in [0.1, 0.15) is 5.75 Å². The summed E-state index contributed by atoms with van der Waals surface area (Å²) < 4.78 is 1.92. The SMILES string of the molecule is C/C(=N\Nc1ccc(Br)cc1)c1cc(Br)ccc1O. The number of phenols is 1. The third-order valence-electron chi connectivity index (χ3n) is 2.55. The van der Waals surface area contributed by atoms with E-state index in [1.165, 1.54) is 0 Å². The highest BCUT2D eigenvalue weighted by atomic mass is 79.9. The van der Waals surface area contributed by atoms with Crippen LogP contribution in [-0.4, -0.2) is 10.8 Å². The second kappa shape index (κ2) is 6.21. The second-order valence-corrected chi connectivity index (χ2v) is 5.81. The molecule has 2 rings (SSSR count). The largest absolute Gasteiger partial charge is 0.507 e. The molecule has 0 saturated heterocycles. The molecule has 0 amide bonds. The summed E-state index contributed by atoms with van der Waals surface area (Å²) in [7, 11) is 0. The second-order valence-electron chi connectivity index (χ2n) is 3.98. The lowest BCUT2D eigenvalue weighted by Gasteiger charge is -2.06. The number of nitrogens with one attached hydrogen (secondary N) is 1. The first kappa shape index (κ1) is 14.1. The standard InChI is InChI=1S/C14H12Br2N2O/c1-9(13-8-11(16)4-7-14(13)19)17-18-12-5-2-10(15)3-6-12/h2-8,18-19H,1H3/b17-9+. The van der Waals surface area contributed by atoms with Crippen molar-refractivity contribution in [1.29, 1.82) is 0 Å². The van der Waals surface area contributed by atoms with Gasteiger partial charge in [0.15, 0.2) is 0 Å². The first-order valence-corrected chi connectivity index (χ1v) is 7.19. The number of halogens is 2. The molecular formula is C14H12Br2N2O. The van der Waals surface area contributed by atoms with E-state index in [4.69, 9.17) is 0 Å². The van der Waals surface area contributed by atoms with Crippen LogP contribution in [0.15, 0.2) is 56.5 Å². The highest BCUT2D eigenvalue weighted by Gasteiger charge is 2.05. The van der Waals surface area contributed by atoms with Gasteiger partial charge >= 0.3 is 0 Å². The molecule has 2 aromatic rings. The Kier molecular flexibility index (Phi) is 4.61. The Morgan fingerprint density at radius 2 is 1.68 bits per heavy atom. The molecule has 0 aliphatic heterocycles. The molecule has 98 valence electrons. The number of phenolic OH excluding ortho intramolecular Hbond substituents is 1. The molecule has 0 fully saturated rings. The normalized spacial score (nSPS) is 11.4. The Balaban J connectivity index is 2.19. The maximum atomic E-state index is 9.80. The van der Waals surface area contributed by atoms with Gasteiger partial charge in [-0.3, -0.25) is 5.43 Å². The van der Waals surface area contributed by atoms with Crippen molar-refractivity contribution in [2.45, 2.75) is 6.92 Å². The smallest absolute Gasteiger partial charge is 0.124 e. The number of hydrazone groups is 1. The Labute approximate surface area is 128 Å². The topological polar surface area (TPSA) is 44.6 Å². The van der Waals surface area contributed by atoms with Crippen LogP contribution < -0.4 is 5.43 Å². The van der Waals surface area contributed by atoms with Gasteiger partial charge in [0.2, 0.25) is 0 Å². The molecular weight excluding hydrogens is 372 g/mol. The quantitative estimate of drug-likeness (QED) is 0.593. The van der Waals surface area contributed by atoms with Crippen LogP contribution in [0.25, 0.3) is 0 Å². The van der Waals surface area contributed by atoms with Crippen LogP contribution in [0.5, 0.6) is 5.75 Å². The highest BCUT2D eigenvalue weighted by Crippen LogP contribution is 2.22. The third kappa shape index (κ3) is 3.81. The number of anilines is 1. The molecule has 0 unspecified atom stereocenters. The number of benzene rings is 2. The third-order valence-corrected chi connectivity index (χ3v) is 3.57. The number of hydrogen-bond acceptors (Lipinski definition) is 3. The van der Waals surface area contributed by atoms with Gasteiger partial charge in [-0.2, -0.15) is 5.10 Å². The van der Waals surface area contributed by atoms with Gasteiger partial charge in [-0.25, -0.2) is 0 Å². The van der Waals surface area contributed by atoms with E-state index in [-0.39, 0.29) is 5.75 Å². The maximum absolute atomic E-state index is 9.80. The summed E-state index contributed by atoms with van der Waals surface area (Å²) in [6, 6.07) is 13.0. The minimum Gasteiger partial charge on any atom is -0.507 e. The van der Waals surface area contributed by atoms with E-state index in [0.29, 0.717) is 11.3 Å². The van der Waals surface area contributed by atoms with Crippen molar-refractivity contribution in [2.75, 3.05) is 5.43 Å². The molecule has 0 radical (unpaired) electrons. The molecule has 0 aliphatic rings. The number of rotatable bonds is 3. The maximum Gasteiger partial charge on any atom is 0.124 e. The van der Waals surface area contributed by atoms with E-state index in [1.807, 2.05) is 37.3 Å². The molecule has 5 heteroatoms. The van der Waals surface area contributed by atoms with Gasteiger partial charge in [-0.1, -0.05) is 31.9 Å². The molecule has 0 aromatic heterocycles. The van der Waals surface area contributed by atoms with Crippen LogP contribution in [-0.2, 0) is 0 Å². The molecule has 0 saturated carbocycles. The first-order chi connectivity index (χ1) is 9.06. The summed E-state index contributed by atoms with van der Waals surface area (Å²) in [5.41, 5.74) is 5.25. The number of hydrogen-bond donors (Lipinski definition) is 2. The van der Waals surface area contributed by atoms with Crippen LogP contribution in [0, 0.1) is 0 Å². The Hall–Kier alpha value is -1.33. The summed E-state index contributed by atoms with van der Waals surface area (Å²) in [6.45, 7) is 1.84. The number of nitrogens with zero attached hydrogens (tertiary/aromatic N) is 1. The fraction of sp³-hybridized carbons (Fsp3) is 0.0714. The predicted octanol–water partition coefficient (Wildman–Crippen LogP) is 4.75. The summed E-state index contributed by atoms with van der Waals surface area (Å²) in [4.78, 5) is 0. The van der Waals surface area contributed by atoms with Crippen molar-refractivity contribution in [3.8, 4) is 5.75 Å². The van der Waals surface area contributed by atoms with E-state index in [9.17, 15) is 5.11 Å². The van der Waals surface area contributed by atoms with Crippen LogP contribution in [0.2, 0.25) is 0 Å². The minimum atomic E-state index is 0.210. The molecule has 0 heterocycles. The van der Waals surface area contributed by atoms with Gasteiger partial charge in [0, 0.05) is 14.5 Å². The fourth-order valence-corrected chi connectivity index (χ4v) is 2.16. The van der Waals surface area contributed by atoms with E-state index in [2.05, 4.69) is 42.4 Å². The number of aromatic hydroxyl groups is 1. The van der Waals surface area contributed by atoms with Crippen molar-refractivity contribution in [1.82, 2.24) is 0 Å². The van der Waals surface area contributed by atoms with Crippen LogP contribution in [0.1, 0.15) is 12.5 Å². The van der Waals surface area contributed by atoms with Crippen molar-refractivity contribution in [3.05, 3.63) is 57.0 Å². The lowest BCUT2D eigenvalue weighted by molar-refractivity contribution is 0.474. The summed E-state index contributed by atoms with van der Waals surface area (Å²) in [5, 5.41) is 14.1. The molecule has 0 aliphatic carbocycles. The first-order valence-electron chi connectivity index (χ1n) is 5.61. The van der Waals surface area contributed by atoms with Crippen LogP contribution in [0.3, 0.4) is 0 Å². The molecule has 3 nitrogen and oxygen atoms in total. The fourth-order valence-electron chi connectivity index (χ4n) is 1.53. The molecule has 2 N–H and O–H groups in total. The Morgan fingerprint density at radius 3 is 2.37 bits per heavy atom. The molecule has 0 bridgehead atoms. The van der Waals surface area contributed by atoms with Crippen LogP contribution in [0.4, 0.5) is 5.69 Å². The van der Waals surface area contributed by atoms with Crippen molar-refractivity contribution in [2.24, 2.45) is 5.10 Å². The van der Waals surface area contributed by atoms with E-state index in [1.54, 1.807) is 12.1 Å². The van der Waals surface area contributed by atoms with E-state index < -0.39 is 0 Å². The average molecular weight is 384 g/mol.